The van der Waals surface area contributed by atoms with Gasteiger partial charge in [0.05, 0.1) is 0 Å². The second kappa shape index (κ2) is 6.06. The third-order valence-electron chi connectivity index (χ3n) is 2.48. The first-order chi connectivity index (χ1) is 7.88. The Balaban J connectivity index is 2.36. The maximum Gasteiger partial charge on any atom is 0.251 e. The normalized spacial score (nSPS) is 11.3. The third kappa shape index (κ3) is 5.73. The standard InChI is InChI=1S/C14H20ClNO/c1-14(2,3)8-5-9-16-13(17)11-6-4-7-12(15)10-11/h4,6-7,10H,5,8-9H2,1-3H3,(H,16,17). The van der Waals surface area contributed by atoms with Crippen LogP contribution in [0.15, 0.2) is 24.3 Å². The van der Waals surface area contributed by atoms with Crippen LogP contribution in [0.1, 0.15) is 44.0 Å². The summed E-state index contributed by atoms with van der Waals surface area (Å²) < 4.78 is 0. The summed E-state index contributed by atoms with van der Waals surface area (Å²) >= 11 is 5.83. The summed E-state index contributed by atoms with van der Waals surface area (Å²) in [5.74, 6) is -0.0543. The van der Waals surface area contributed by atoms with Gasteiger partial charge in [-0.2, -0.15) is 0 Å². The number of rotatable bonds is 4. The van der Waals surface area contributed by atoms with Crippen LogP contribution in [0, 0.1) is 5.41 Å². The van der Waals surface area contributed by atoms with Crippen LogP contribution >= 0.6 is 11.6 Å². The maximum atomic E-state index is 11.8. The highest BCUT2D eigenvalue weighted by atomic mass is 35.5. The Labute approximate surface area is 108 Å². The van der Waals surface area contributed by atoms with E-state index >= 15 is 0 Å². The van der Waals surface area contributed by atoms with Gasteiger partial charge in [0.15, 0.2) is 0 Å². The minimum Gasteiger partial charge on any atom is -0.352 e. The summed E-state index contributed by atoms with van der Waals surface area (Å²) in [5.41, 5.74) is 0.939. The zero-order valence-electron chi connectivity index (χ0n) is 10.7. The quantitative estimate of drug-likeness (QED) is 0.811. The van der Waals surface area contributed by atoms with Crippen molar-refractivity contribution in [2.45, 2.75) is 33.6 Å². The molecule has 0 unspecified atom stereocenters. The minimum absolute atomic E-state index is 0.0543. The summed E-state index contributed by atoms with van der Waals surface area (Å²) in [6, 6.07) is 7.00. The molecule has 0 aliphatic rings. The number of amides is 1. The molecule has 0 bridgehead atoms. The number of halogens is 1. The summed E-state index contributed by atoms with van der Waals surface area (Å²) in [5, 5.41) is 3.49. The van der Waals surface area contributed by atoms with E-state index in [0.717, 1.165) is 12.8 Å². The molecule has 0 radical (unpaired) electrons. The first-order valence-corrected chi connectivity index (χ1v) is 6.30. The van der Waals surface area contributed by atoms with Gasteiger partial charge >= 0.3 is 0 Å². The van der Waals surface area contributed by atoms with Crippen LogP contribution in [0.25, 0.3) is 0 Å². The molecule has 0 aromatic heterocycles. The molecule has 17 heavy (non-hydrogen) atoms. The number of hydrogen-bond acceptors (Lipinski definition) is 1. The van der Waals surface area contributed by atoms with E-state index in [9.17, 15) is 4.79 Å². The molecule has 0 fully saturated rings. The number of carbonyl (C=O) groups is 1. The molecule has 0 aliphatic carbocycles. The van der Waals surface area contributed by atoms with E-state index in [2.05, 4.69) is 26.1 Å². The summed E-state index contributed by atoms with van der Waals surface area (Å²) in [6.07, 6.45) is 2.10. The van der Waals surface area contributed by atoms with Crippen LogP contribution in [-0.4, -0.2) is 12.5 Å². The van der Waals surface area contributed by atoms with Crippen molar-refractivity contribution in [3.63, 3.8) is 0 Å². The Morgan fingerprint density at radius 1 is 1.35 bits per heavy atom. The van der Waals surface area contributed by atoms with Crippen LogP contribution in [0.3, 0.4) is 0 Å². The van der Waals surface area contributed by atoms with Crippen molar-refractivity contribution in [3.05, 3.63) is 34.9 Å². The van der Waals surface area contributed by atoms with E-state index in [-0.39, 0.29) is 5.91 Å². The number of hydrogen-bond donors (Lipinski definition) is 1. The van der Waals surface area contributed by atoms with Crippen molar-refractivity contribution in [2.75, 3.05) is 6.54 Å². The average Bonchev–Trinajstić information content (AvgIpc) is 2.23. The first-order valence-electron chi connectivity index (χ1n) is 5.92. The molecule has 0 saturated carbocycles. The molecule has 0 saturated heterocycles. The zero-order chi connectivity index (χ0) is 12.9. The largest absolute Gasteiger partial charge is 0.352 e. The average molecular weight is 254 g/mol. The Bertz CT molecular complexity index is 382. The van der Waals surface area contributed by atoms with Crippen LogP contribution in [0.4, 0.5) is 0 Å². The molecule has 1 rings (SSSR count). The highest BCUT2D eigenvalue weighted by Crippen LogP contribution is 2.19. The third-order valence-corrected chi connectivity index (χ3v) is 2.71. The fourth-order valence-corrected chi connectivity index (χ4v) is 1.74. The van der Waals surface area contributed by atoms with Gasteiger partial charge < -0.3 is 5.32 Å². The van der Waals surface area contributed by atoms with Crippen LogP contribution in [0.2, 0.25) is 5.02 Å². The van der Waals surface area contributed by atoms with Gasteiger partial charge in [0, 0.05) is 17.1 Å². The predicted octanol–water partition coefficient (Wildman–Crippen LogP) is 3.90. The number of benzene rings is 1. The number of nitrogens with one attached hydrogen (secondary N) is 1. The Morgan fingerprint density at radius 2 is 2.06 bits per heavy atom. The molecule has 1 aromatic rings. The van der Waals surface area contributed by atoms with Gasteiger partial charge in [-0.05, 0) is 36.5 Å². The SMILES string of the molecule is CC(C)(C)CCCNC(=O)c1cccc(Cl)c1. The molecule has 1 N–H and O–H groups in total. The van der Waals surface area contributed by atoms with Gasteiger partial charge in [0.2, 0.25) is 0 Å². The van der Waals surface area contributed by atoms with Gasteiger partial charge in [-0.25, -0.2) is 0 Å². The van der Waals surface area contributed by atoms with Crippen LogP contribution in [0.5, 0.6) is 0 Å². The molecule has 94 valence electrons. The molecule has 1 amide bonds. The van der Waals surface area contributed by atoms with E-state index in [0.29, 0.717) is 22.5 Å². The van der Waals surface area contributed by atoms with E-state index in [1.807, 2.05) is 0 Å². The summed E-state index contributed by atoms with van der Waals surface area (Å²) in [7, 11) is 0. The molecular formula is C14H20ClNO. The van der Waals surface area contributed by atoms with Gasteiger partial charge in [0.25, 0.3) is 5.91 Å². The molecule has 0 heterocycles. The summed E-state index contributed by atoms with van der Waals surface area (Å²) in [6.45, 7) is 7.31. The molecule has 1 aromatic carbocycles. The van der Waals surface area contributed by atoms with Gasteiger partial charge in [0.1, 0.15) is 0 Å². The van der Waals surface area contributed by atoms with E-state index < -0.39 is 0 Å². The lowest BCUT2D eigenvalue weighted by atomic mass is 9.91. The van der Waals surface area contributed by atoms with Gasteiger partial charge in [-0.3, -0.25) is 4.79 Å². The van der Waals surface area contributed by atoms with Crippen molar-refractivity contribution in [3.8, 4) is 0 Å². The molecule has 2 nitrogen and oxygen atoms in total. The van der Waals surface area contributed by atoms with Gasteiger partial charge in [-0.15, -0.1) is 0 Å². The fourth-order valence-electron chi connectivity index (χ4n) is 1.55. The zero-order valence-corrected chi connectivity index (χ0v) is 11.5. The fraction of sp³-hybridized carbons (Fsp3) is 0.500. The van der Waals surface area contributed by atoms with Gasteiger partial charge in [-0.1, -0.05) is 38.4 Å². The Kier molecular flexibility index (Phi) is 5.01. The van der Waals surface area contributed by atoms with Crippen LogP contribution in [-0.2, 0) is 0 Å². The first kappa shape index (κ1) is 14.0. The second-order valence-corrected chi connectivity index (χ2v) is 5.87. The molecule has 0 atom stereocenters. The van der Waals surface area contributed by atoms with E-state index in [4.69, 9.17) is 11.6 Å². The lowest BCUT2D eigenvalue weighted by molar-refractivity contribution is 0.0951. The smallest absolute Gasteiger partial charge is 0.251 e. The lowest BCUT2D eigenvalue weighted by Gasteiger charge is -2.17. The second-order valence-electron chi connectivity index (χ2n) is 5.43. The van der Waals surface area contributed by atoms with Crippen molar-refractivity contribution >= 4 is 17.5 Å². The van der Waals surface area contributed by atoms with E-state index in [1.54, 1.807) is 24.3 Å². The Morgan fingerprint density at radius 3 is 2.65 bits per heavy atom. The molecular weight excluding hydrogens is 234 g/mol. The highest BCUT2D eigenvalue weighted by molar-refractivity contribution is 6.30. The Hall–Kier alpha value is -1.02. The van der Waals surface area contributed by atoms with Crippen molar-refractivity contribution in [2.24, 2.45) is 5.41 Å². The predicted molar refractivity (Wildman–Crippen MR) is 72.5 cm³/mol. The number of carbonyl (C=O) groups excluding carboxylic acids is 1. The van der Waals surface area contributed by atoms with E-state index in [1.165, 1.54) is 0 Å². The highest BCUT2D eigenvalue weighted by Gasteiger charge is 2.10. The van der Waals surface area contributed by atoms with Crippen molar-refractivity contribution in [1.82, 2.24) is 5.32 Å². The van der Waals surface area contributed by atoms with Crippen LogP contribution < -0.4 is 5.32 Å². The maximum absolute atomic E-state index is 11.8. The monoisotopic (exact) mass is 253 g/mol. The lowest BCUT2D eigenvalue weighted by Crippen LogP contribution is -2.25. The van der Waals surface area contributed by atoms with Crippen molar-refractivity contribution < 1.29 is 4.79 Å². The molecule has 3 heteroatoms. The topological polar surface area (TPSA) is 29.1 Å². The molecule has 0 aliphatic heterocycles. The van der Waals surface area contributed by atoms with Crippen molar-refractivity contribution in [1.29, 1.82) is 0 Å². The minimum atomic E-state index is -0.0543. The molecule has 0 spiro atoms. The summed E-state index contributed by atoms with van der Waals surface area (Å²) in [4.78, 5) is 11.8.